The molecule has 0 saturated carbocycles. The Kier molecular flexibility index (Phi) is 4.42. The SMILES string of the molecule is O=C(O)c1ccc(/C=C/c2nc3sc4c(c3c(=O)[nH]2)CCCCC4)cc1. The first-order chi connectivity index (χ1) is 12.6. The van der Waals surface area contributed by atoms with E-state index in [1.807, 2.05) is 6.08 Å². The second kappa shape index (κ2) is 6.88. The molecule has 0 radical (unpaired) electrons. The molecule has 132 valence electrons. The molecule has 2 N–H and O–H groups in total. The van der Waals surface area contributed by atoms with Crippen molar-refractivity contribution in [3.63, 3.8) is 0 Å². The van der Waals surface area contributed by atoms with E-state index in [0.717, 1.165) is 35.0 Å². The number of carboxylic acids is 1. The molecule has 0 bridgehead atoms. The summed E-state index contributed by atoms with van der Waals surface area (Å²) >= 11 is 1.64. The molecule has 3 aromatic rings. The van der Waals surface area contributed by atoms with E-state index in [1.165, 1.54) is 23.3 Å². The fourth-order valence-electron chi connectivity index (χ4n) is 3.35. The highest BCUT2D eigenvalue weighted by atomic mass is 32.1. The van der Waals surface area contributed by atoms with Crippen molar-refractivity contribution in [2.75, 3.05) is 0 Å². The van der Waals surface area contributed by atoms with Crippen molar-refractivity contribution in [2.24, 2.45) is 0 Å². The van der Waals surface area contributed by atoms with Crippen LogP contribution in [0.5, 0.6) is 0 Å². The average Bonchev–Trinajstić information content (AvgIpc) is 2.82. The molecule has 0 amide bonds. The zero-order chi connectivity index (χ0) is 18.1. The fourth-order valence-corrected chi connectivity index (χ4v) is 4.62. The Labute approximate surface area is 154 Å². The summed E-state index contributed by atoms with van der Waals surface area (Å²) < 4.78 is 0. The van der Waals surface area contributed by atoms with Gasteiger partial charge in [-0.25, -0.2) is 9.78 Å². The third-order valence-electron chi connectivity index (χ3n) is 4.68. The number of nitrogens with zero attached hydrogens (tertiary/aromatic N) is 1. The van der Waals surface area contributed by atoms with Gasteiger partial charge in [0.1, 0.15) is 10.7 Å². The fraction of sp³-hybridized carbons (Fsp3) is 0.250. The Morgan fingerprint density at radius 1 is 1.12 bits per heavy atom. The molecule has 6 heteroatoms. The van der Waals surface area contributed by atoms with E-state index in [-0.39, 0.29) is 11.1 Å². The number of carbonyl (C=O) groups is 1. The Hall–Kier alpha value is -2.73. The number of aryl methyl sites for hydroxylation is 2. The summed E-state index contributed by atoms with van der Waals surface area (Å²) in [5.41, 5.74) is 2.21. The summed E-state index contributed by atoms with van der Waals surface area (Å²) in [4.78, 5) is 33.1. The van der Waals surface area contributed by atoms with Crippen LogP contribution in [0.2, 0.25) is 0 Å². The minimum Gasteiger partial charge on any atom is -0.478 e. The first-order valence-corrected chi connectivity index (χ1v) is 9.49. The predicted octanol–water partition coefficient (Wildman–Crippen LogP) is 4.12. The first-order valence-electron chi connectivity index (χ1n) is 8.68. The van der Waals surface area contributed by atoms with Crippen LogP contribution in [0, 0.1) is 0 Å². The van der Waals surface area contributed by atoms with Crippen molar-refractivity contribution in [3.05, 3.63) is 62.0 Å². The van der Waals surface area contributed by atoms with Crippen LogP contribution in [0.3, 0.4) is 0 Å². The van der Waals surface area contributed by atoms with Crippen LogP contribution in [0.25, 0.3) is 22.4 Å². The number of hydrogen-bond donors (Lipinski definition) is 2. The lowest BCUT2D eigenvalue weighted by Crippen LogP contribution is -2.10. The monoisotopic (exact) mass is 366 g/mol. The van der Waals surface area contributed by atoms with Crippen LogP contribution in [-0.4, -0.2) is 21.0 Å². The third-order valence-corrected chi connectivity index (χ3v) is 5.87. The van der Waals surface area contributed by atoms with Crippen molar-refractivity contribution in [1.82, 2.24) is 9.97 Å². The summed E-state index contributed by atoms with van der Waals surface area (Å²) in [7, 11) is 0. The van der Waals surface area contributed by atoms with Crippen LogP contribution in [0.15, 0.2) is 29.1 Å². The lowest BCUT2D eigenvalue weighted by Gasteiger charge is -1.99. The van der Waals surface area contributed by atoms with E-state index in [9.17, 15) is 9.59 Å². The molecular formula is C20H18N2O3S. The summed E-state index contributed by atoms with van der Waals surface area (Å²) in [6.07, 6.45) is 9.09. The smallest absolute Gasteiger partial charge is 0.335 e. The van der Waals surface area contributed by atoms with Gasteiger partial charge in [-0.2, -0.15) is 0 Å². The summed E-state index contributed by atoms with van der Waals surface area (Å²) in [5, 5.41) is 9.69. The Bertz CT molecular complexity index is 1060. The van der Waals surface area contributed by atoms with E-state index in [0.29, 0.717) is 5.82 Å². The van der Waals surface area contributed by atoms with Gasteiger partial charge in [0.15, 0.2) is 0 Å². The largest absolute Gasteiger partial charge is 0.478 e. The second-order valence-electron chi connectivity index (χ2n) is 6.46. The van der Waals surface area contributed by atoms with Crippen LogP contribution < -0.4 is 5.56 Å². The van der Waals surface area contributed by atoms with Gasteiger partial charge in [0.25, 0.3) is 5.56 Å². The molecule has 0 saturated heterocycles. The number of carboxylic acid groups (broad SMARTS) is 1. The topological polar surface area (TPSA) is 83.0 Å². The number of aromatic carboxylic acids is 1. The lowest BCUT2D eigenvalue weighted by molar-refractivity contribution is 0.0697. The van der Waals surface area contributed by atoms with E-state index >= 15 is 0 Å². The standard InChI is InChI=1S/C20H18N2O3S/c23-18-17-14-4-2-1-3-5-15(14)26-19(17)22-16(21-18)11-8-12-6-9-13(10-7-12)20(24)25/h6-11H,1-5H2,(H,24,25)(H,21,22,23)/b11-8+. The molecule has 0 unspecified atom stereocenters. The maximum absolute atomic E-state index is 12.6. The minimum absolute atomic E-state index is 0.0738. The van der Waals surface area contributed by atoms with Gasteiger partial charge < -0.3 is 10.1 Å². The van der Waals surface area contributed by atoms with Crippen molar-refractivity contribution in [1.29, 1.82) is 0 Å². The molecule has 0 fully saturated rings. The van der Waals surface area contributed by atoms with E-state index < -0.39 is 5.97 Å². The number of rotatable bonds is 3. The van der Waals surface area contributed by atoms with Gasteiger partial charge in [-0.3, -0.25) is 4.79 Å². The van der Waals surface area contributed by atoms with Gasteiger partial charge in [0.05, 0.1) is 10.9 Å². The number of aromatic nitrogens is 2. The maximum Gasteiger partial charge on any atom is 0.335 e. The molecule has 1 aliphatic rings. The third kappa shape index (κ3) is 3.20. The Morgan fingerprint density at radius 2 is 1.88 bits per heavy atom. The average molecular weight is 366 g/mol. The van der Waals surface area contributed by atoms with Gasteiger partial charge in [-0.05, 0) is 55.0 Å². The Balaban J connectivity index is 1.67. The number of H-pyrrole nitrogens is 1. The number of hydrogen-bond acceptors (Lipinski definition) is 4. The summed E-state index contributed by atoms with van der Waals surface area (Å²) in [5.74, 6) is -0.435. The second-order valence-corrected chi connectivity index (χ2v) is 7.54. The zero-order valence-electron chi connectivity index (χ0n) is 14.1. The molecular weight excluding hydrogens is 348 g/mol. The Morgan fingerprint density at radius 3 is 2.65 bits per heavy atom. The first kappa shape index (κ1) is 16.7. The molecule has 4 rings (SSSR count). The highest BCUT2D eigenvalue weighted by Gasteiger charge is 2.18. The predicted molar refractivity (Wildman–Crippen MR) is 104 cm³/mol. The van der Waals surface area contributed by atoms with Gasteiger partial charge in [-0.15, -0.1) is 11.3 Å². The number of aromatic amines is 1. The van der Waals surface area contributed by atoms with Gasteiger partial charge in [-0.1, -0.05) is 24.6 Å². The number of thiophene rings is 1. The van der Waals surface area contributed by atoms with Gasteiger partial charge in [0, 0.05) is 4.88 Å². The molecule has 1 aromatic carbocycles. The van der Waals surface area contributed by atoms with E-state index in [1.54, 1.807) is 41.7 Å². The lowest BCUT2D eigenvalue weighted by atomic mass is 10.1. The summed E-state index contributed by atoms with van der Waals surface area (Å²) in [6.45, 7) is 0. The quantitative estimate of drug-likeness (QED) is 0.683. The molecule has 0 atom stereocenters. The highest BCUT2D eigenvalue weighted by Crippen LogP contribution is 2.32. The van der Waals surface area contributed by atoms with E-state index in [4.69, 9.17) is 5.11 Å². The van der Waals surface area contributed by atoms with Crippen LogP contribution >= 0.6 is 11.3 Å². The molecule has 2 aromatic heterocycles. The van der Waals surface area contributed by atoms with Crippen molar-refractivity contribution >= 4 is 39.7 Å². The van der Waals surface area contributed by atoms with Crippen molar-refractivity contribution < 1.29 is 9.90 Å². The molecule has 5 nitrogen and oxygen atoms in total. The molecule has 1 aliphatic carbocycles. The summed E-state index contributed by atoms with van der Waals surface area (Å²) in [6, 6.07) is 6.56. The minimum atomic E-state index is -0.950. The number of benzene rings is 1. The maximum atomic E-state index is 12.6. The number of fused-ring (bicyclic) bond motifs is 3. The zero-order valence-corrected chi connectivity index (χ0v) is 14.9. The van der Waals surface area contributed by atoms with Crippen molar-refractivity contribution in [2.45, 2.75) is 32.1 Å². The molecule has 2 heterocycles. The van der Waals surface area contributed by atoms with Crippen molar-refractivity contribution in [3.8, 4) is 0 Å². The molecule has 26 heavy (non-hydrogen) atoms. The highest BCUT2D eigenvalue weighted by molar-refractivity contribution is 7.18. The van der Waals surface area contributed by atoms with E-state index in [2.05, 4.69) is 9.97 Å². The van der Waals surface area contributed by atoms with Gasteiger partial charge in [0.2, 0.25) is 0 Å². The van der Waals surface area contributed by atoms with Gasteiger partial charge >= 0.3 is 5.97 Å². The van der Waals surface area contributed by atoms with Crippen LogP contribution in [0.1, 0.15) is 51.4 Å². The molecule has 0 aliphatic heterocycles. The normalized spacial score (nSPS) is 14.5. The van der Waals surface area contributed by atoms with Crippen LogP contribution in [-0.2, 0) is 12.8 Å². The molecule has 0 spiro atoms. The number of nitrogens with one attached hydrogen (secondary N) is 1. The van der Waals surface area contributed by atoms with Crippen LogP contribution in [0.4, 0.5) is 0 Å².